The molecule has 2 rings (SSSR count). The fourth-order valence-electron chi connectivity index (χ4n) is 1.86. The Kier molecular flexibility index (Phi) is 5.38. The van der Waals surface area contributed by atoms with Crippen LogP contribution in [0.25, 0.3) is 5.65 Å². The number of nitrogens with one attached hydrogen (secondary N) is 1. The molecule has 0 spiro atoms. The molecule has 0 bridgehead atoms. The van der Waals surface area contributed by atoms with Gasteiger partial charge in [0.1, 0.15) is 5.65 Å². The number of guanidine groups is 1. The topological polar surface area (TPSA) is 67.7 Å². The molecule has 0 unspecified atom stereocenters. The number of hydrogen-bond donors (Lipinski definition) is 2. The third-order valence-electron chi connectivity index (χ3n) is 2.66. The number of nitrogens with two attached hydrogens (primary N) is 1. The van der Waals surface area contributed by atoms with Crippen molar-refractivity contribution in [3.05, 3.63) is 35.8 Å². The van der Waals surface area contributed by atoms with Crippen molar-refractivity contribution in [1.29, 1.82) is 0 Å². The molecule has 0 amide bonds. The fourth-order valence-corrected chi connectivity index (χ4v) is 1.86. The lowest BCUT2D eigenvalue weighted by Gasteiger charge is -2.20. The second-order valence-electron chi connectivity index (χ2n) is 5.70. The van der Waals surface area contributed by atoms with Crippen LogP contribution in [0.4, 0.5) is 0 Å². The Balaban J connectivity index is 0.00000200. The van der Waals surface area contributed by atoms with Gasteiger partial charge in [0.25, 0.3) is 0 Å². The molecule has 0 atom stereocenters. The first-order valence-electron chi connectivity index (χ1n) is 6.37. The number of aliphatic imine (C=N–C) groups is 1. The Labute approximate surface area is 136 Å². The number of rotatable bonds is 2. The quantitative estimate of drug-likeness (QED) is 0.473. The number of hydrogen-bond acceptors (Lipinski definition) is 2. The number of nitrogens with zero attached hydrogens (tertiary/aromatic N) is 3. The van der Waals surface area contributed by atoms with E-state index in [0.717, 1.165) is 17.0 Å². The van der Waals surface area contributed by atoms with Gasteiger partial charge in [-0.15, -0.1) is 24.0 Å². The SMILES string of the molecule is Cc1cccc2nc(CN=C(N)NC(C)(C)C)cn12.I. The first-order chi connectivity index (χ1) is 8.85. The minimum Gasteiger partial charge on any atom is -0.370 e. The van der Waals surface area contributed by atoms with Crippen LogP contribution < -0.4 is 11.1 Å². The summed E-state index contributed by atoms with van der Waals surface area (Å²) < 4.78 is 2.05. The van der Waals surface area contributed by atoms with Gasteiger partial charge in [-0.05, 0) is 39.8 Å². The molecule has 3 N–H and O–H groups in total. The second-order valence-corrected chi connectivity index (χ2v) is 5.70. The molecule has 0 aliphatic rings. The van der Waals surface area contributed by atoms with Gasteiger partial charge >= 0.3 is 0 Å². The highest BCUT2D eigenvalue weighted by Gasteiger charge is 2.10. The molecule has 2 aromatic rings. The van der Waals surface area contributed by atoms with Gasteiger partial charge in [0.2, 0.25) is 0 Å². The molecule has 6 heteroatoms. The van der Waals surface area contributed by atoms with E-state index in [1.807, 2.05) is 39.1 Å². The van der Waals surface area contributed by atoms with Crippen molar-refractivity contribution in [3.63, 3.8) is 0 Å². The van der Waals surface area contributed by atoms with Crippen LogP contribution in [0.5, 0.6) is 0 Å². The van der Waals surface area contributed by atoms with E-state index >= 15 is 0 Å². The summed E-state index contributed by atoms with van der Waals surface area (Å²) in [4.78, 5) is 8.83. The minimum absolute atomic E-state index is 0. The largest absolute Gasteiger partial charge is 0.370 e. The van der Waals surface area contributed by atoms with Crippen LogP contribution in [0.15, 0.2) is 29.4 Å². The van der Waals surface area contributed by atoms with Gasteiger partial charge in [0.15, 0.2) is 5.96 Å². The molecule has 0 radical (unpaired) electrons. The third-order valence-corrected chi connectivity index (χ3v) is 2.66. The van der Waals surface area contributed by atoms with Crippen molar-refractivity contribution in [3.8, 4) is 0 Å². The molecule has 2 heterocycles. The normalized spacial score (nSPS) is 12.3. The lowest BCUT2D eigenvalue weighted by molar-refractivity contribution is 0.508. The predicted molar refractivity (Wildman–Crippen MR) is 93.6 cm³/mol. The predicted octanol–water partition coefficient (Wildman–Crippen LogP) is 2.46. The van der Waals surface area contributed by atoms with Crippen molar-refractivity contribution in [2.45, 2.75) is 39.8 Å². The first kappa shape index (κ1) is 16.7. The zero-order chi connectivity index (χ0) is 14.0. The van der Waals surface area contributed by atoms with E-state index in [0.29, 0.717) is 12.5 Å². The summed E-state index contributed by atoms with van der Waals surface area (Å²) in [6.45, 7) is 8.67. The average Bonchev–Trinajstić information content (AvgIpc) is 2.68. The molecular formula is C14H22IN5. The Morgan fingerprint density at radius 3 is 2.70 bits per heavy atom. The number of pyridine rings is 1. The maximum absolute atomic E-state index is 5.84. The summed E-state index contributed by atoms with van der Waals surface area (Å²) in [7, 11) is 0. The number of imidazole rings is 1. The molecule has 0 aromatic carbocycles. The van der Waals surface area contributed by atoms with Crippen LogP contribution in [-0.4, -0.2) is 20.9 Å². The molecule has 0 aliphatic heterocycles. The van der Waals surface area contributed by atoms with Gasteiger partial charge in [0, 0.05) is 17.4 Å². The molecule has 0 fully saturated rings. The molecule has 2 aromatic heterocycles. The molecule has 0 aliphatic carbocycles. The van der Waals surface area contributed by atoms with Crippen LogP contribution in [0.1, 0.15) is 32.2 Å². The third kappa shape index (κ3) is 4.36. The van der Waals surface area contributed by atoms with E-state index in [2.05, 4.69) is 32.7 Å². The van der Waals surface area contributed by atoms with Gasteiger partial charge in [-0.3, -0.25) is 0 Å². The van der Waals surface area contributed by atoms with E-state index in [4.69, 9.17) is 5.73 Å². The van der Waals surface area contributed by atoms with Crippen molar-refractivity contribution in [2.75, 3.05) is 0 Å². The second kappa shape index (κ2) is 6.43. The molecule has 0 saturated heterocycles. The number of halogens is 1. The standard InChI is InChI=1S/C14H21N5.HI/c1-10-6-5-7-12-17-11(9-19(10)12)8-16-13(15)18-14(2,3)4;/h5-7,9H,8H2,1-4H3,(H3,15,16,18);1H. The van der Waals surface area contributed by atoms with Crippen molar-refractivity contribution in [2.24, 2.45) is 10.7 Å². The summed E-state index contributed by atoms with van der Waals surface area (Å²) in [5.74, 6) is 0.446. The van der Waals surface area contributed by atoms with Crippen molar-refractivity contribution in [1.82, 2.24) is 14.7 Å². The zero-order valence-electron chi connectivity index (χ0n) is 12.3. The Morgan fingerprint density at radius 2 is 2.10 bits per heavy atom. The average molecular weight is 387 g/mol. The Hall–Kier alpha value is -1.31. The lowest BCUT2D eigenvalue weighted by atomic mass is 10.1. The fraction of sp³-hybridized carbons (Fsp3) is 0.429. The highest BCUT2D eigenvalue weighted by atomic mass is 127. The molecule has 20 heavy (non-hydrogen) atoms. The van der Waals surface area contributed by atoms with E-state index in [9.17, 15) is 0 Å². The zero-order valence-corrected chi connectivity index (χ0v) is 14.7. The molecular weight excluding hydrogens is 365 g/mol. The number of aryl methyl sites for hydroxylation is 1. The monoisotopic (exact) mass is 387 g/mol. The highest BCUT2D eigenvalue weighted by molar-refractivity contribution is 14.0. The Bertz CT molecular complexity index is 610. The van der Waals surface area contributed by atoms with Crippen LogP contribution in [0.3, 0.4) is 0 Å². The van der Waals surface area contributed by atoms with Crippen LogP contribution in [0.2, 0.25) is 0 Å². The summed E-state index contributed by atoms with van der Waals surface area (Å²) in [5, 5.41) is 3.13. The number of fused-ring (bicyclic) bond motifs is 1. The maximum atomic E-state index is 5.84. The summed E-state index contributed by atoms with van der Waals surface area (Å²) in [6, 6.07) is 6.04. The minimum atomic E-state index is -0.0803. The highest BCUT2D eigenvalue weighted by Crippen LogP contribution is 2.09. The van der Waals surface area contributed by atoms with E-state index in [1.165, 1.54) is 0 Å². The first-order valence-corrected chi connectivity index (χ1v) is 6.37. The summed E-state index contributed by atoms with van der Waals surface area (Å²) in [6.07, 6.45) is 2.00. The maximum Gasteiger partial charge on any atom is 0.189 e. The van der Waals surface area contributed by atoms with Gasteiger partial charge in [-0.1, -0.05) is 6.07 Å². The molecule has 5 nitrogen and oxygen atoms in total. The van der Waals surface area contributed by atoms with Gasteiger partial charge in [0.05, 0.1) is 12.2 Å². The van der Waals surface area contributed by atoms with Gasteiger partial charge < -0.3 is 15.5 Å². The van der Waals surface area contributed by atoms with Crippen LogP contribution >= 0.6 is 24.0 Å². The van der Waals surface area contributed by atoms with Gasteiger partial charge in [-0.2, -0.15) is 0 Å². The molecule has 110 valence electrons. The van der Waals surface area contributed by atoms with Crippen molar-refractivity contribution >= 4 is 35.6 Å². The van der Waals surface area contributed by atoms with Crippen LogP contribution in [0, 0.1) is 6.92 Å². The summed E-state index contributed by atoms with van der Waals surface area (Å²) >= 11 is 0. The lowest BCUT2D eigenvalue weighted by Crippen LogP contribution is -2.44. The van der Waals surface area contributed by atoms with E-state index in [1.54, 1.807) is 0 Å². The Morgan fingerprint density at radius 1 is 1.40 bits per heavy atom. The van der Waals surface area contributed by atoms with E-state index in [-0.39, 0.29) is 29.5 Å². The smallest absolute Gasteiger partial charge is 0.189 e. The number of aromatic nitrogens is 2. The van der Waals surface area contributed by atoms with Crippen molar-refractivity contribution < 1.29 is 0 Å². The van der Waals surface area contributed by atoms with Gasteiger partial charge in [-0.25, -0.2) is 9.98 Å². The van der Waals surface area contributed by atoms with E-state index < -0.39 is 0 Å². The van der Waals surface area contributed by atoms with Crippen LogP contribution in [-0.2, 0) is 6.54 Å². The summed E-state index contributed by atoms with van der Waals surface area (Å²) in [5.41, 5.74) is 8.76. The molecule has 0 saturated carbocycles.